The van der Waals surface area contributed by atoms with Crippen molar-refractivity contribution >= 4 is 11.6 Å². The van der Waals surface area contributed by atoms with Crippen LogP contribution in [-0.4, -0.2) is 23.1 Å². The Morgan fingerprint density at radius 3 is 2.82 bits per heavy atom. The largest absolute Gasteiger partial charge is 0.365 e. The molecule has 2 rings (SSSR count). The van der Waals surface area contributed by atoms with Crippen molar-refractivity contribution in [3.63, 3.8) is 0 Å². The maximum atomic E-state index is 4.28. The third-order valence-electron chi connectivity index (χ3n) is 1.60. The van der Waals surface area contributed by atoms with Crippen LogP contribution in [0.15, 0.2) is 6.20 Å². The van der Waals surface area contributed by atoms with Crippen molar-refractivity contribution in [3.8, 4) is 0 Å². The molecule has 0 amide bonds. The molecule has 0 saturated heterocycles. The fourth-order valence-corrected chi connectivity index (χ4v) is 1.09. The van der Waals surface area contributed by atoms with E-state index in [1.165, 1.54) is 0 Å². The molecule has 0 aliphatic carbocycles. The van der Waals surface area contributed by atoms with Gasteiger partial charge < -0.3 is 10.6 Å². The molecule has 4 heteroatoms. The van der Waals surface area contributed by atoms with Gasteiger partial charge in [0.2, 0.25) is 0 Å². The first kappa shape index (κ1) is 6.39. The zero-order valence-electron chi connectivity index (χ0n) is 6.39. The third-order valence-corrected chi connectivity index (χ3v) is 1.60. The molecule has 0 saturated carbocycles. The minimum Gasteiger partial charge on any atom is -0.365 e. The number of hydrogen-bond donors (Lipinski definition) is 2. The van der Waals surface area contributed by atoms with E-state index in [2.05, 4.69) is 20.6 Å². The number of nitrogens with zero attached hydrogens (tertiary/aromatic N) is 2. The summed E-state index contributed by atoms with van der Waals surface area (Å²) in [6.45, 7) is 3.78. The summed E-state index contributed by atoms with van der Waals surface area (Å²) in [5.74, 6) is 1.73. The summed E-state index contributed by atoms with van der Waals surface area (Å²) in [6.07, 6.45) is 1.76. The van der Waals surface area contributed by atoms with E-state index in [4.69, 9.17) is 0 Å². The predicted octanol–water partition coefficient (Wildman–Crippen LogP) is 0.622. The SMILES string of the molecule is Cc1cnc2c(n1)NCCN2. The summed E-state index contributed by atoms with van der Waals surface area (Å²) in [5.41, 5.74) is 0.944. The first-order valence-electron chi connectivity index (χ1n) is 3.67. The molecular formula is C7H10N4. The van der Waals surface area contributed by atoms with Crippen LogP contribution in [0.3, 0.4) is 0 Å². The fraction of sp³-hybridized carbons (Fsp3) is 0.429. The molecule has 1 aliphatic rings. The summed E-state index contributed by atoms with van der Waals surface area (Å²) >= 11 is 0. The molecule has 1 aliphatic heterocycles. The minimum atomic E-state index is 0.863. The lowest BCUT2D eigenvalue weighted by Gasteiger charge is -2.17. The van der Waals surface area contributed by atoms with Crippen LogP contribution in [0, 0.1) is 6.92 Å². The number of nitrogens with one attached hydrogen (secondary N) is 2. The van der Waals surface area contributed by atoms with Gasteiger partial charge in [0.25, 0.3) is 0 Å². The molecule has 2 heterocycles. The van der Waals surface area contributed by atoms with E-state index in [9.17, 15) is 0 Å². The maximum absolute atomic E-state index is 4.28. The van der Waals surface area contributed by atoms with Crippen LogP contribution in [-0.2, 0) is 0 Å². The van der Waals surface area contributed by atoms with Gasteiger partial charge in [-0.3, -0.25) is 0 Å². The van der Waals surface area contributed by atoms with Crippen LogP contribution in [0.25, 0.3) is 0 Å². The summed E-state index contributed by atoms with van der Waals surface area (Å²) in [5, 5.41) is 6.32. The van der Waals surface area contributed by atoms with Crippen LogP contribution in [0.1, 0.15) is 5.69 Å². The van der Waals surface area contributed by atoms with Crippen molar-refractivity contribution in [2.45, 2.75) is 6.92 Å². The summed E-state index contributed by atoms with van der Waals surface area (Å²) in [6, 6.07) is 0. The van der Waals surface area contributed by atoms with Crippen molar-refractivity contribution < 1.29 is 0 Å². The van der Waals surface area contributed by atoms with Gasteiger partial charge >= 0.3 is 0 Å². The van der Waals surface area contributed by atoms with Crippen molar-refractivity contribution in [1.29, 1.82) is 0 Å². The molecule has 0 atom stereocenters. The van der Waals surface area contributed by atoms with Gasteiger partial charge in [-0.1, -0.05) is 0 Å². The van der Waals surface area contributed by atoms with E-state index in [1.807, 2.05) is 6.92 Å². The second kappa shape index (κ2) is 2.38. The Kier molecular flexibility index (Phi) is 1.38. The second-order valence-corrected chi connectivity index (χ2v) is 2.56. The van der Waals surface area contributed by atoms with Crippen molar-refractivity contribution in [2.75, 3.05) is 23.7 Å². The maximum Gasteiger partial charge on any atom is 0.169 e. The van der Waals surface area contributed by atoms with Gasteiger partial charge in [-0.2, -0.15) is 0 Å². The number of aromatic nitrogens is 2. The van der Waals surface area contributed by atoms with E-state index < -0.39 is 0 Å². The Labute approximate surface area is 65.1 Å². The standard InChI is InChI=1S/C7H10N4/c1-5-4-10-6-7(11-5)9-3-2-8-6/h4H,2-3H2,1H3,(H,8,10)(H,9,11). The lowest BCUT2D eigenvalue weighted by atomic mass is 10.4. The van der Waals surface area contributed by atoms with Gasteiger partial charge in [0.15, 0.2) is 11.6 Å². The van der Waals surface area contributed by atoms with Crippen molar-refractivity contribution in [2.24, 2.45) is 0 Å². The highest BCUT2D eigenvalue weighted by Crippen LogP contribution is 2.17. The van der Waals surface area contributed by atoms with Gasteiger partial charge in [-0.05, 0) is 6.92 Å². The topological polar surface area (TPSA) is 49.8 Å². The predicted molar refractivity (Wildman–Crippen MR) is 43.7 cm³/mol. The van der Waals surface area contributed by atoms with E-state index in [0.717, 1.165) is 30.4 Å². The molecule has 1 aromatic rings. The molecular weight excluding hydrogens is 140 g/mol. The highest BCUT2D eigenvalue weighted by molar-refractivity contribution is 5.61. The van der Waals surface area contributed by atoms with E-state index >= 15 is 0 Å². The fourth-order valence-electron chi connectivity index (χ4n) is 1.09. The molecule has 58 valence electrons. The first-order chi connectivity index (χ1) is 5.36. The lowest BCUT2D eigenvalue weighted by Crippen LogP contribution is -2.22. The molecule has 4 nitrogen and oxygen atoms in total. The minimum absolute atomic E-state index is 0.863. The Morgan fingerprint density at radius 1 is 1.27 bits per heavy atom. The molecule has 0 fully saturated rings. The molecule has 0 spiro atoms. The molecule has 2 N–H and O–H groups in total. The average Bonchev–Trinajstić information content (AvgIpc) is 2.04. The van der Waals surface area contributed by atoms with E-state index in [0.29, 0.717) is 0 Å². The monoisotopic (exact) mass is 150 g/mol. The molecule has 0 radical (unpaired) electrons. The zero-order valence-corrected chi connectivity index (χ0v) is 6.39. The van der Waals surface area contributed by atoms with Crippen LogP contribution < -0.4 is 10.6 Å². The summed E-state index contributed by atoms with van der Waals surface area (Å²) in [7, 11) is 0. The van der Waals surface area contributed by atoms with Crippen molar-refractivity contribution in [1.82, 2.24) is 9.97 Å². The molecule has 0 bridgehead atoms. The number of fused-ring (bicyclic) bond motifs is 1. The van der Waals surface area contributed by atoms with Gasteiger partial charge in [0, 0.05) is 13.1 Å². The Balaban J connectivity index is 2.43. The van der Waals surface area contributed by atoms with Crippen LogP contribution >= 0.6 is 0 Å². The Morgan fingerprint density at radius 2 is 2.00 bits per heavy atom. The first-order valence-corrected chi connectivity index (χ1v) is 3.67. The van der Waals surface area contributed by atoms with Crippen LogP contribution in [0.2, 0.25) is 0 Å². The Bertz CT molecular complexity index is 271. The molecule has 1 aromatic heterocycles. The normalized spacial score (nSPS) is 14.6. The lowest BCUT2D eigenvalue weighted by molar-refractivity contribution is 0.973. The Hall–Kier alpha value is -1.32. The summed E-state index contributed by atoms with van der Waals surface area (Å²) < 4.78 is 0. The number of hydrogen-bond acceptors (Lipinski definition) is 4. The third kappa shape index (κ3) is 1.11. The average molecular weight is 150 g/mol. The smallest absolute Gasteiger partial charge is 0.169 e. The zero-order chi connectivity index (χ0) is 7.68. The molecule has 0 aromatic carbocycles. The second-order valence-electron chi connectivity index (χ2n) is 2.56. The molecule has 0 unspecified atom stereocenters. The van der Waals surface area contributed by atoms with Crippen LogP contribution in [0.4, 0.5) is 11.6 Å². The summed E-state index contributed by atoms with van der Waals surface area (Å²) in [4.78, 5) is 8.46. The molecule has 11 heavy (non-hydrogen) atoms. The van der Waals surface area contributed by atoms with E-state index in [1.54, 1.807) is 6.20 Å². The highest BCUT2D eigenvalue weighted by Gasteiger charge is 2.08. The van der Waals surface area contributed by atoms with Gasteiger partial charge in [0.1, 0.15) is 0 Å². The highest BCUT2D eigenvalue weighted by atomic mass is 15.1. The van der Waals surface area contributed by atoms with Gasteiger partial charge in [-0.25, -0.2) is 9.97 Å². The number of aryl methyl sites for hydroxylation is 1. The van der Waals surface area contributed by atoms with Gasteiger partial charge in [0.05, 0.1) is 11.9 Å². The van der Waals surface area contributed by atoms with E-state index in [-0.39, 0.29) is 0 Å². The number of anilines is 2. The van der Waals surface area contributed by atoms with Crippen molar-refractivity contribution in [3.05, 3.63) is 11.9 Å². The number of rotatable bonds is 0. The van der Waals surface area contributed by atoms with Crippen LogP contribution in [0.5, 0.6) is 0 Å². The van der Waals surface area contributed by atoms with Gasteiger partial charge in [-0.15, -0.1) is 0 Å². The quantitative estimate of drug-likeness (QED) is 0.569.